The van der Waals surface area contributed by atoms with Crippen molar-refractivity contribution in [2.45, 2.75) is 43.6 Å². The van der Waals surface area contributed by atoms with Crippen LogP contribution in [0, 0.1) is 0 Å². The zero-order valence-electron chi connectivity index (χ0n) is 18.9. The van der Waals surface area contributed by atoms with Crippen LogP contribution in [0.5, 0.6) is 11.5 Å². The summed E-state index contributed by atoms with van der Waals surface area (Å²) >= 11 is 0. The molecule has 0 radical (unpaired) electrons. The molecule has 1 unspecified atom stereocenters. The minimum atomic E-state index is -1.08. The van der Waals surface area contributed by atoms with Crippen molar-refractivity contribution >= 4 is 0 Å². The van der Waals surface area contributed by atoms with E-state index in [1.807, 2.05) is 60.7 Å². The summed E-state index contributed by atoms with van der Waals surface area (Å²) in [5.74, 6) is 1.26. The Bertz CT molecular complexity index is 1030. The first kappa shape index (κ1) is 22.8. The second-order valence-corrected chi connectivity index (χ2v) is 8.26. The molecule has 34 heavy (non-hydrogen) atoms. The summed E-state index contributed by atoms with van der Waals surface area (Å²) in [6.45, 7) is 0.603. The molecule has 0 saturated carbocycles. The van der Waals surface area contributed by atoms with Crippen molar-refractivity contribution in [3.63, 3.8) is 0 Å². The molecule has 0 aromatic heterocycles. The number of fused-ring (bicyclic) bond motifs is 1. The lowest BCUT2D eigenvalue weighted by Gasteiger charge is -2.47. The third kappa shape index (κ3) is 5.09. The molecular formula is C27H28O7. The van der Waals surface area contributed by atoms with Gasteiger partial charge >= 0.3 is 0 Å². The second-order valence-electron chi connectivity index (χ2n) is 8.26. The van der Waals surface area contributed by atoms with Gasteiger partial charge in [-0.3, -0.25) is 0 Å². The fourth-order valence-corrected chi connectivity index (χ4v) is 4.19. The number of hydrogen-bond donors (Lipinski definition) is 1. The van der Waals surface area contributed by atoms with E-state index in [9.17, 15) is 5.11 Å². The molecule has 3 aromatic carbocycles. The molecule has 7 heteroatoms. The van der Waals surface area contributed by atoms with Gasteiger partial charge in [0.25, 0.3) is 0 Å². The molecule has 2 saturated heterocycles. The molecule has 2 heterocycles. The molecule has 6 atom stereocenters. The maximum atomic E-state index is 11.2. The molecule has 178 valence electrons. The summed E-state index contributed by atoms with van der Waals surface area (Å²) in [6, 6.07) is 26.6. The van der Waals surface area contributed by atoms with E-state index in [4.69, 9.17) is 28.4 Å². The third-order valence-corrected chi connectivity index (χ3v) is 5.98. The summed E-state index contributed by atoms with van der Waals surface area (Å²) in [5, 5.41) is 11.2. The Morgan fingerprint density at radius 3 is 2.24 bits per heavy atom. The van der Waals surface area contributed by atoms with Crippen LogP contribution in [-0.4, -0.2) is 49.5 Å². The van der Waals surface area contributed by atoms with Gasteiger partial charge in [0.05, 0.1) is 20.3 Å². The zero-order valence-corrected chi connectivity index (χ0v) is 18.9. The van der Waals surface area contributed by atoms with E-state index in [-0.39, 0.29) is 6.61 Å². The molecule has 0 spiro atoms. The van der Waals surface area contributed by atoms with E-state index >= 15 is 0 Å². The van der Waals surface area contributed by atoms with Gasteiger partial charge in [0.15, 0.2) is 6.29 Å². The SMILES string of the molecule is COc1ccc(O[C@@H]2O[C@@H]3COC(c4ccccc4)O[C@@H]3[C@H](OCc3ccccc3)[C@H]2O)cc1. The molecule has 2 aliphatic heterocycles. The Kier molecular flexibility index (Phi) is 7.08. The molecule has 7 nitrogen and oxygen atoms in total. The molecule has 2 aliphatic rings. The van der Waals surface area contributed by atoms with Crippen LogP contribution in [0.15, 0.2) is 84.9 Å². The molecular weight excluding hydrogens is 436 g/mol. The molecule has 3 aromatic rings. The van der Waals surface area contributed by atoms with Crippen molar-refractivity contribution in [3.05, 3.63) is 96.1 Å². The molecule has 5 rings (SSSR count). The van der Waals surface area contributed by atoms with Gasteiger partial charge in [-0.25, -0.2) is 0 Å². The fourth-order valence-electron chi connectivity index (χ4n) is 4.19. The van der Waals surface area contributed by atoms with Crippen LogP contribution in [0.25, 0.3) is 0 Å². The predicted octanol–water partition coefficient (Wildman–Crippen LogP) is 3.86. The lowest BCUT2D eigenvalue weighted by molar-refractivity contribution is -0.356. The van der Waals surface area contributed by atoms with Crippen LogP contribution >= 0.6 is 0 Å². The molecule has 1 N–H and O–H groups in total. The highest BCUT2D eigenvalue weighted by molar-refractivity contribution is 5.31. The topological polar surface area (TPSA) is 75.6 Å². The van der Waals surface area contributed by atoms with Crippen LogP contribution < -0.4 is 9.47 Å². The van der Waals surface area contributed by atoms with Gasteiger partial charge < -0.3 is 33.5 Å². The molecule has 2 fully saturated rings. The minimum Gasteiger partial charge on any atom is -0.497 e. The Morgan fingerprint density at radius 1 is 0.853 bits per heavy atom. The molecule has 0 amide bonds. The zero-order chi connectivity index (χ0) is 23.3. The maximum absolute atomic E-state index is 11.2. The van der Waals surface area contributed by atoms with E-state index in [1.54, 1.807) is 31.4 Å². The predicted molar refractivity (Wildman–Crippen MR) is 123 cm³/mol. The Labute approximate surface area is 198 Å². The number of aliphatic hydroxyl groups is 1. The lowest BCUT2D eigenvalue weighted by Crippen LogP contribution is -2.63. The Morgan fingerprint density at radius 2 is 1.53 bits per heavy atom. The van der Waals surface area contributed by atoms with Crippen molar-refractivity contribution in [3.8, 4) is 11.5 Å². The van der Waals surface area contributed by atoms with Gasteiger partial charge in [0, 0.05) is 5.56 Å². The number of benzene rings is 3. The highest BCUT2D eigenvalue weighted by Crippen LogP contribution is 2.36. The third-order valence-electron chi connectivity index (χ3n) is 5.98. The Balaban J connectivity index is 1.35. The van der Waals surface area contributed by atoms with E-state index in [1.165, 1.54) is 0 Å². The minimum absolute atomic E-state index is 0.282. The van der Waals surface area contributed by atoms with Crippen molar-refractivity contribution in [1.82, 2.24) is 0 Å². The van der Waals surface area contributed by atoms with Gasteiger partial charge in [-0.15, -0.1) is 0 Å². The maximum Gasteiger partial charge on any atom is 0.229 e. The first-order valence-electron chi connectivity index (χ1n) is 11.3. The first-order valence-corrected chi connectivity index (χ1v) is 11.3. The standard InChI is InChI=1S/C27H28O7/c1-29-20-12-14-21(15-13-20)32-27-23(28)25(30-16-18-8-4-2-5-9-18)24-22(33-27)17-31-26(34-24)19-10-6-3-7-11-19/h2-15,22-28H,16-17H2,1H3/t22-,23-,24+,25-,26?,27-/m1/s1. The average molecular weight is 465 g/mol. The van der Waals surface area contributed by atoms with Crippen LogP contribution in [0.4, 0.5) is 0 Å². The van der Waals surface area contributed by atoms with Crippen molar-refractivity contribution in [2.24, 2.45) is 0 Å². The quantitative estimate of drug-likeness (QED) is 0.569. The smallest absolute Gasteiger partial charge is 0.229 e. The van der Waals surface area contributed by atoms with Crippen LogP contribution in [0.1, 0.15) is 17.4 Å². The summed E-state index contributed by atoms with van der Waals surface area (Å²) in [5.41, 5.74) is 1.89. The van der Waals surface area contributed by atoms with Crippen molar-refractivity contribution in [1.29, 1.82) is 0 Å². The van der Waals surface area contributed by atoms with Gasteiger partial charge in [-0.2, -0.15) is 0 Å². The number of methoxy groups -OCH3 is 1. The van der Waals surface area contributed by atoms with E-state index in [0.29, 0.717) is 18.1 Å². The Hall–Kier alpha value is -2.94. The van der Waals surface area contributed by atoms with Gasteiger partial charge in [-0.1, -0.05) is 60.7 Å². The monoisotopic (exact) mass is 464 g/mol. The summed E-state index contributed by atoms with van der Waals surface area (Å²) in [4.78, 5) is 0. The fraction of sp³-hybridized carbons (Fsp3) is 0.333. The van der Waals surface area contributed by atoms with Gasteiger partial charge in [-0.05, 0) is 29.8 Å². The highest BCUT2D eigenvalue weighted by atomic mass is 16.8. The molecule has 0 bridgehead atoms. The van der Waals surface area contributed by atoms with Crippen LogP contribution in [0.2, 0.25) is 0 Å². The summed E-state index contributed by atoms with van der Waals surface area (Å²) in [6.07, 6.45) is -4.28. The summed E-state index contributed by atoms with van der Waals surface area (Å²) in [7, 11) is 1.60. The number of ether oxygens (including phenoxy) is 6. The number of rotatable bonds is 7. The highest BCUT2D eigenvalue weighted by Gasteiger charge is 2.51. The van der Waals surface area contributed by atoms with E-state index in [2.05, 4.69) is 0 Å². The first-order chi connectivity index (χ1) is 16.7. The van der Waals surface area contributed by atoms with Gasteiger partial charge in [0.2, 0.25) is 6.29 Å². The van der Waals surface area contributed by atoms with Gasteiger partial charge in [0.1, 0.15) is 35.9 Å². The largest absolute Gasteiger partial charge is 0.497 e. The van der Waals surface area contributed by atoms with Crippen molar-refractivity contribution < 1.29 is 33.5 Å². The molecule has 0 aliphatic carbocycles. The summed E-state index contributed by atoms with van der Waals surface area (Å²) < 4.78 is 35.7. The normalized spacial score (nSPS) is 28.6. The van der Waals surface area contributed by atoms with E-state index < -0.39 is 37.0 Å². The second kappa shape index (κ2) is 10.5. The van der Waals surface area contributed by atoms with Crippen LogP contribution in [0.3, 0.4) is 0 Å². The average Bonchev–Trinajstić information content (AvgIpc) is 2.90. The number of aliphatic hydroxyl groups excluding tert-OH is 1. The lowest BCUT2D eigenvalue weighted by atomic mass is 9.97. The number of hydrogen-bond acceptors (Lipinski definition) is 7. The van der Waals surface area contributed by atoms with E-state index in [0.717, 1.165) is 11.1 Å². The van der Waals surface area contributed by atoms with Crippen LogP contribution in [-0.2, 0) is 25.6 Å². The van der Waals surface area contributed by atoms with Crippen molar-refractivity contribution in [2.75, 3.05) is 13.7 Å².